The molecule has 1 fully saturated rings. The molecule has 1 rings (SSSR count). The van der Waals surface area contributed by atoms with Gasteiger partial charge in [0.1, 0.15) is 0 Å². The first-order chi connectivity index (χ1) is 6.24. The quantitative estimate of drug-likeness (QED) is 0.695. The van der Waals surface area contributed by atoms with Crippen molar-refractivity contribution < 1.29 is 4.21 Å². The Bertz CT molecular complexity index is 172. The molecule has 3 heteroatoms. The molecular weight excluding hydrogens is 182 g/mol. The van der Waals surface area contributed by atoms with E-state index in [4.69, 9.17) is 0 Å². The summed E-state index contributed by atoms with van der Waals surface area (Å²) in [7, 11) is -0.570. The minimum absolute atomic E-state index is 0.409. The number of hydrogen-bond acceptors (Lipinski definition) is 2. The van der Waals surface area contributed by atoms with Gasteiger partial charge in [-0.2, -0.15) is 0 Å². The number of hydrogen-bond donors (Lipinski definition) is 0. The van der Waals surface area contributed by atoms with Crippen molar-refractivity contribution in [2.24, 2.45) is 0 Å². The third-order valence-electron chi connectivity index (χ3n) is 2.74. The SMILES string of the molecule is CCCCN1CCC(C)S(=O)CC1. The van der Waals surface area contributed by atoms with Crippen molar-refractivity contribution in [1.29, 1.82) is 0 Å². The van der Waals surface area contributed by atoms with Crippen LogP contribution in [0.4, 0.5) is 0 Å². The molecule has 0 N–H and O–H groups in total. The molecule has 0 saturated carbocycles. The first kappa shape index (κ1) is 11.2. The Morgan fingerprint density at radius 3 is 2.92 bits per heavy atom. The van der Waals surface area contributed by atoms with E-state index in [0.717, 1.165) is 25.3 Å². The molecule has 0 amide bonds. The Kier molecular flexibility index (Phi) is 4.96. The zero-order chi connectivity index (χ0) is 9.68. The van der Waals surface area contributed by atoms with E-state index in [1.807, 2.05) is 0 Å². The molecule has 0 bridgehead atoms. The average molecular weight is 203 g/mol. The lowest BCUT2D eigenvalue weighted by molar-refractivity contribution is 0.287. The molecule has 2 atom stereocenters. The second-order valence-electron chi connectivity index (χ2n) is 3.88. The molecule has 1 aliphatic heterocycles. The standard InChI is InChI=1S/C10H21NOS/c1-3-4-6-11-7-5-10(2)13(12)9-8-11/h10H,3-9H2,1-2H3. The van der Waals surface area contributed by atoms with Crippen LogP contribution in [0, 0.1) is 0 Å². The molecule has 0 aromatic carbocycles. The second-order valence-corrected chi connectivity index (χ2v) is 5.85. The van der Waals surface area contributed by atoms with Crippen molar-refractivity contribution in [3.05, 3.63) is 0 Å². The smallest absolute Gasteiger partial charge is 0.0365 e. The first-order valence-corrected chi connectivity index (χ1v) is 6.71. The van der Waals surface area contributed by atoms with Gasteiger partial charge in [-0.1, -0.05) is 20.3 Å². The van der Waals surface area contributed by atoms with E-state index in [2.05, 4.69) is 18.7 Å². The van der Waals surface area contributed by atoms with Crippen LogP contribution in [0.1, 0.15) is 33.1 Å². The van der Waals surface area contributed by atoms with Crippen molar-refractivity contribution in [3.63, 3.8) is 0 Å². The van der Waals surface area contributed by atoms with Gasteiger partial charge in [-0.3, -0.25) is 4.21 Å². The van der Waals surface area contributed by atoms with Gasteiger partial charge in [-0.15, -0.1) is 0 Å². The zero-order valence-corrected chi connectivity index (χ0v) is 9.61. The zero-order valence-electron chi connectivity index (χ0n) is 8.79. The molecule has 0 aromatic heterocycles. The van der Waals surface area contributed by atoms with E-state index in [1.54, 1.807) is 0 Å². The van der Waals surface area contributed by atoms with E-state index < -0.39 is 10.8 Å². The highest BCUT2D eigenvalue weighted by Gasteiger charge is 2.18. The van der Waals surface area contributed by atoms with Gasteiger partial charge >= 0.3 is 0 Å². The summed E-state index contributed by atoms with van der Waals surface area (Å²) >= 11 is 0. The predicted octanol–water partition coefficient (Wildman–Crippen LogP) is 1.63. The van der Waals surface area contributed by atoms with E-state index in [1.165, 1.54) is 19.4 Å². The number of unbranched alkanes of at least 4 members (excludes halogenated alkanes) is 1. The van der Waals surface area contributed by atoms with E-state index in [9.17, 15) is 4.21 Å². The fraction of sp³-hybridized carbons (Fsp3) is 1.00. The molecule has 0 aromatic rings. The van der Waals surface area contributed by atoms with Crippen LogP contribution in [0.2, 0.25) is 0 Å². The van der Waals surface area contributed by atoms with Gasteiger partial charge in [0.15, 0.2) is 0 Å². The highest BCUT2D eigenvalue weighted by atomic mass is 32.2. The largest absolute Gasteiger partial charge is 0.302 e. The normalized spacial score (nSPS) is 31.5. The van der Waals surface area contributed by atoms with Crippen molar-refractivity contribution in [2.45, 2.75) is 38.4 Å². The molecule has 1 heterocycles. The minimum Gasteiger partial charge on any atom is -0.302 e. The Morgan fingerprint density at radius 2 is 2.23 bits per heavy atom. The molecule has 0 radical (unpaired) electrons. The van der Waals surface area contributed by atoms with E-state index in [-0.39, 0.29) is 0 Å². The molecule has 1 saturated heterocycles. The highest BCUT2D eigenvalue weighted by molar-refractivity contribution is 7.85. The van der Waals surface area contributed by atoms with Gasteiger partial charge in [-0.25, -0.2) is 0 Å². The van der Waals surface area contributed by atoms with Gasteiger partial charge in [0, 0.05) is 28.3 Å². The van der Waals surface area contributed by atoms with Crippen LogP contribution in [-0.4, -0.2) is 39.7 Å². The highest BCUT2D eigenvalue weighted by Crippen LogP contribution is 2.09. The third kappa shape index (κ3) is 3.77. The molecule has 0 spiro atoms. The third-order valence-corrected chi connectivity index (χ3v) is 4.46. The van der Waals surface area contributed by atoms with Crippen LogP contribution in [0.3, 0.4) is 0 Å². The summed E-state index contributed by atoms with van der Waals surface area (Å²) in [5.74, 6) is 0.880. The first-order valence-electron chi connectivity index (χ1n) is 5.33. The Hall–Kier alpha value is 0.110. The molecule has 1 aliphatic rings. The van der Waals surface area contributed by atoms with Gasteiger partial charge in [-0.05, 0) is 25.9 Å². The summed E-state index contributed by atoms with van der Waals surface area (Å²) in [5.41, 5.74) is 0. The average Bonchev–Trinajstić information content (AvgIpc) is 2.29. The van der Waals surface area contributed by atoms with Crippen LogP contribution in [-0.2, 0) is 10.8 Å². The van der Waals surface area contributed by atoms with E-state index >= 15 is 0 Å². The van der Waals surface area contributed by atoms with Crippen LogP contribution in [0.25, 0.3) is 0 Å². The molecule has 2 nitrogen and oxygen atoms in total. The summed E-state index contributed by atoms with van der Waals surface area (Å²) in [6.07, 6.45) is 3.65. The van der Waals surface area contributed by atoms with Crippen LogP contribution in [0.5, 0.6) is 0 Å². The Labute approximate surface area is 84.2 Å². The second kappa shape index (κ2) is 5.76. The fourth-order valence-corrected chi connectivity index (χ4v) is 2.84. The summed E-state index contributed by atoms with van der Waals surface area (Å²) in [5, 5.41) is 0.409. The van der Waals surface area contributed by atoms with Gasteiger partial charge in [0.05, 0.1) is 0 Å². The summed E-state index contributed by atoms with van der Waals surface area (Å²) in [6, 6.07) is 0. The maximum atomic E-state index is 11.5. The van der Waals surface area contributed by atoms with E-state index in [0.29, 0.717) is 5.25 Å². The molecule has 78 valence electrons. The van der Waals surface area contributed by atoms with Crippen molar-refractivity contribution >= 4 is 10.8 Å². The van der Waals surface area contributed by atoms with Crippen LogP contribution in [0.15, 0.2) is 0 Å². The monoisotopic (exact) mass is 203 g/mol. The fourth-order valence-electron chi connectivity index (χ4n) is 1.63. The molecule has 2 unspecified atom stereocenters. The summed E-state index contributed by atoms with van der Waals surface area (Å²) < 4.78 is 11.5. The van der Waals surface area contributed by atoms with Crippen molar-refractivity contribution in [1.82, 2.24) is 4.90 Å². The van der Waals surface area contributed by atoms with Crippen molar-refractivity contribution in [2.75, 3.05) is 25.4 Å². The number of nitrogens with zero attached hydrogens (tertiary/aromatic N) is 1. The lowest BCUT2D eigenvalue weighted by Gasteiger charge is -2.18. The maximum absolute atomic E-state index is 11.5. The number of rotatable bonds is 3. The molecular formula is C10H21NOS. The van der Waals surface area contributed by atoms with Gasteiger partial charge in [0.2, 0.25) is 0 Å². The van der Waals surface area contributed by atoms with Crippen molar-refractivity contribution in [3.8, 4) is 0 Å². The topological polar surface area (TPSA) is 20.3 Å². The molecule has 0 aliphatic carbocycles. The molecule has 13 heavy (non-hydrogen) atoms. The summed E-state index contributed by atoms with van der Waals surface area (Å²) in [4.78, 5) is 2.46. The summed E-state index contributed by atoms with van der Waals surface area (Å²) in [6.45, 7) is 7.71. The Balaban J connectivity index is 2.31. The lowest BCUT2D eigenvalue weighted by atomic mass is 10.2. The lowest BCUT2D eigenvalue weighted by Crippen LogP contribution is -2.27. The van der Waals surface area contributed by atoms with Crippen LogP contribution < -0.4 is 0 Å². The maximum Gasteiger partial charge on any atom is 0.0365 e. The minimum atomic E-state index is -0.570. The van der Waals surface area contributed by atoms with Crippen LogP contribution >= 0.6 is 0 Å². The van der Waals surface area contributed by atoms with Gasteiger partial charge < -0.3 is 4.90 Å². The predicted molar refractivity (Wildman–Crippen MR) is 58.4 cm³/mol. The Morgan fingerprint density at radius 1 is 1.46 bits per heavy atom. The van der Waals surface area contributed by atoms with Gasteiger partial charge in [0.25, 0.3) is 0 Å².